The second kappa shape index (κ2) is 21.1. The van der Waals surface area contributed by atoms with E-state index in [1.165, 1.54) is 0 Å². The third-order valence-corrected chi connectivity index (χ3v) is 8.62. The number of aliphatic hydroxyl groups is 1. The molecule has 3 amide bonds. The molecular formula is C34H59N5O8. The summed E-state index contributed by atoms with van der Waals surface area (Å²) in [4.78, 5) is 38.2. The molecular weight excluding hydrogens is 606 g/mol. The largest absolute Gasteiger partial charge is 0.493 e. The Labute approximate surface area is 280 Å². The second-order valence-corrected chi connectivity index (χ2v) is 12.8. The molecule has 4 atom stereocenters. The van der Waals surface area contributed by atoms with Crippen LogP contribution in [-0.2, 0) is 19.1 Å². The molecule has 0 aliphatic carbocycles. The van der Waals surface area contributed by atoms with Crippen LogP contribution in [-0.4, -0.2) is 111 Å². The van der Waals surface area contributed by atoms with Crippen LogP contribution >= 0.6 is 0 Å². The van der Waals surface area contributed by atoms with Crippen LogP contribution < -0.4 is 26.3 Å². The number of nitrogens with one attached hydrogen (secondary N) is 1. The molecule has 13 nitrogen and oxygen atoms in total. The Hall–Kier alpha value is -2.97. The van der Waals surface area contributed by atoms with Crippen molar-refractivity contribution >= 4 is 17.7 Å². The topological polar surface area (TPSA) is 179 Å². The molecule has 0 bridgehead atoms. The number of carbonyl (C=O) groups is 3. The molecule has 0 spiro atoms. The number of amides is 3. The number of hydrogen-bond donors (Lipinski definition) is 4. The van der Waals surface area contributed by atoms with Gasteiger partial charge in [0, 0.05) is 57.9 Å². The van der Waals surface area contributed by atoms with Crippen molar-refractivity contribution in [2.24, 2.45) is 35.1 Å². The number of aliphatic hydroxyl groups excluding tert-OH is 1. The van der Waals surface area contributed by atoms with Crippen molar-refractivity contribution in [2.75, 3.05) is 66.3 Å². The minimum Gasteiger partial charge on any atom is -0.493 e. The maximum atomic E-state index is 13.6. The molecule has 0 radical (unpaired) electrons. The van der Waals surface area contributed by atoms with Gasteiger partial charge in [0.2, 0.25) is 5.91 Å². The van der Waals surface area contributed by atoms with Crippen LogP contribution in [0.5, 0.6) is 11.5 Å². The van der Waals surface area contributed by atoms with E-state index in [2.05, 4.69) is 19.2 Å². The number of carbonyl (C=O) groups excluding carboxylic acids is 3. The molecule has 0 saturated carbocycles. The Balaban J connectivity index is 2.06. The molecule has 1 aliphatic heterocycles. The van der Waals surface area contributed by atoms with Crippen molar-refractivity contribution in [3.8, 4) is 11.5 Å². The summed E-state index contributed by atoms with van der Waals surface area (Å²) in [5, 5.41) is 18.1. The number of methoxy groups -OCH3 is 1. The van der Waals surface area contributed by atoms with Crippen LogP contribution in [0.15, 0.2) is 18.2 Å². The smallest absolute Gasteiger partial charge is 0.255 e. The molecule has 13 heteroatoms. The van der Waals surface area contributed by atoms with E-state index in [-0.39, 0.29) is 48.5 Å². The van der Waals surface area contributed by atoms with E-state index in [9.17, 15) is 19.5 Å². The van der Waals surface area contributed by atoms with E-state index in [4.69, 9.17) is 30.4 Å². The minimum absolute atomic E-state index is 0.00825. The lowest BCUT2D eigenvalue weighted by Crippen LogP contribution is -2.54. The Morgan fingerprint density at radius 2 is 1.72 bits per heavy atom. The van der Waals surface area contributed by atoms with Crippen molar-refractivity contribution in [3.63, 3.8) is 0 Å². The van der Waals surface area contributed by atoms with Crippen LogP contribution in [0, 0.1) is 23.7 Å². The van der Waals surface area contributed by atoms with Crippen molar-refractivity contribution in [1.82, 2.24) is 15.3 Å². The first-order valence-electron chi connectivity index (χ1n) is 16.9. The number of ether oxygens (including phenoxy) is 4. The Morgan fingerprint density at radius 3 is 2.32 bits per heavy atom. The summed E-state index contributed by atoms with van der Waals surface area (Å²) in [6, 6.07) is 4.17. The van der Waals surface area contributed by atoms with E-state index in [1.807, 2.05) is 25.8 Å². The van der Waals surface area contributed by atoms with Gasteiger partial charge in [0.15, 0.2) is 6.61 Å². The number of hydrogen-bond acceptors (Lipinski definition) is 10. The van der Waals surface area contributed by atoms with Gasteiger partial charge in [-0.3, -0.25) is 19.4 Å². The third kappa shape index (κ3) is 13.6. The SMILES string of the molecule is CCN(C(=O)C(CC(O)C(N)CC(CNC(=O)c1ccc(OCC(N)=O)cc1OCCCCOC)C(C)C)C(C)C)N1CCOCC1. The quantitative estimate of drug-likeness (QED) is 0.134. The Kier molecular flexibility index (Phi) is 18.0. The second-order valence-electron chi connectivity index (χ2n) is 12.8. The van der Waals surface area contributed by atoms with Gasteiger partial charge in [-0.2, -0.15) is 0 Å². The molecule has 1 saturated heterocycles. The molecule has 2 rings (SSSR count). The summed E-state index contributed by atoms with van der Waals surface area (Å²) in [6.45, 7) is 14.1. The van der Waals surface area contributed by atoms with E-state index in [1.54, 1.807) is 30.3 Å². The van der Waals surface area contributed by atoms with Gasteiger partial charge in [-0.05, 0) is 62.5 Å². The summed E-state index contributed by atoms with van der Waals surface area (Å²) in [5.41, 5.74) is 12.1. The fourth-order valence-electron chi connectivity index (χ4n) is 5.58. The fraction of sp³-hybridized carbons (Fsp3) is 0.735. The zero-order chi connectivity index (χ0) is 34.9. The number of primary amides is 1. The highest BCUT2D eigenvalue weighted by Gasteiger charge is 2.34. The maximum Gasteiger partial charge on any atom is 0.255 e. The van der Waals surface area contributed by atoms with Crippen molar-refractivity contribution in [1.29, 1.82) is 0 Å². The fourth-order valence-corrected chi connectivity index (χ4v) is 5.58. The first-order valence-corrected chi connectivity index (χ1v) is 16.9. The highest BCUT2D eigenvalue weighted by atomic mass is 16.5. The van der Waals surface area contributed by atoms with Gasteiger partial charge in [0.1, 0.15) is 11.5 Å². The molecule has 1 aromatic rings. The standard InChI is InChI=1S/C34H59N5O8/c1-7-39(38-12-16-45-17-13-38)34(43)28(24(4)5)20-30(40)29(35)18-25(23(2)3)21-37-33(42)27-11-10-26(47-22-32(36)41)19-31(27)46-15-9-8-14-44-6/h10-11,19,23-25,28-30,40H,7-9,12-18,20-22,35H2,1-6H3,(H2,36,41)(H,37,42). The van der Waals surface area contributed by atoms with E-state index in [0.29, 0.717) is 76.1 Å². The summed E-state index contributed by atoms with van der Waals surface area (Å²) < 4.78 is 21.9. The van der Waals surface area contributed by atoms with E-state index in [0.717, 1.165) is 12.8 Å². The maximum absolute atomic E-state index is 13.6. The molecule has 1 fully saturated rings. The van der Waals surface area contributed by atoms with Crippen LogP contribution in [0.3, 0.4) is 0 Å². The molecule has 0 aromatic heterocycles. The molecule has 6 N–H and O–H groups in total. The molecule has 1 aromatic carbocycles. The Bertz CT molecular complexity index is 1100. The van der Waals surface area contributed by atoms with Crippen molar-refractivity contribution in [2.45, 2.75) is 72.4 Å². The number of nitrogens with two attached hydrogens (primary N) is 2. The first kappa shape index (κ1) is 40.2. The molecule has 1 heterocycles. The van der Waals surface area contributed by atoms with E-state index >= 15 is 0 Å². The van der Waals surface area contributed by atoms with E-state index < -0.39 is 18.1 Å². The summed E-state index contributed by atoms with van der Waals surface area (Å²) in [5.74, 6) is -0.503. The van der Waals surface area contributed by atoms with Gasteiger partial charge in [0.25, 0.3) is 11.8 Å². The summed E-state index contributed by atoms with van der Waals surface area (Å²) in [6.07, 6.45) is 1.35. The van der Waals surface area contributed by atoms with Crippen LogP contribution in [0.4, 0.5) is 0 Å². The highest BCUT2D eigenvalue weighted by Crippen LogP contribution is 2.27. The number of hydrazine groups is 1. The number of morpholine rings is 1. The third-order valence-electron chi connectivity index (χ3n) is 8.62. The predicted octanol–water partition coefficient (Wildman–Crippen LogP) is 2.19. The number of benzene rings is 1. The average Bonchev–Trinajstić information content (AvgIpc) is 3.04. The molecule has 268 valence electrons. The monoisotopic (exact) mass is 665 g/mol. The normalized spacial score (nSPS) is 16.4. The lowest BCUT2D eigenvalue weighted by atomic mass is 9.83. The summed E-state index contributed by atoms with van der Waals surface area (Å²) in [7, 11) is 1.64. The van der Waals surface area contributed by atoms with Gasteiger partial charge >= 0.3 is 0 Å². The van der Waals surface area contributed by atoms with Gasteiger partial charge in [0.05, 0.1) is 31.5 Å². The summed E-state index contributed by atoms with van der Waals surface area (Å²) >= 11 is 0. The number of rotatable bonds is 22. The number of nitrogens with zero attached hydrogens (tertiary/aromatic N) is 2. The van der Waals surface area contributed by atoms with Crippen molar-refractivity contribution < 1.29 is 38.4 Å². The molecule has 47 heavy (non-hydrogen) atoms. The zero-order valence-electron chi connectivity index (χ0n) is 29.2. The first-order chi connectivity index (χ1) is 22.4. The average molecular weight is 666 g/mol. The zero-order valence-corrected chi connectivity index (χ0v) is 29.2. The van der Waals surface area contributed by atoms with Gasteiger partial charge < -0.3 is 40.8 Å². The molecule has 4 unspecified atom stereocenters. The van der Waals surface area contributed by atoms with Gasteiger partial charge in [-0.1, -0.05) is 27.7 Å². The van der Waals surface area contributed by atoms with Gasteiger partial charge in [-0.25, -0.2) is 5.01 Å². The lowest BCUT2D eigenvalue weighted by Gasteiger charge is -2.39. The highest BCUT2D eigenvalue weighted by molar-refractivity contribution is 5.97. The van der Waals surface area contributed by atoms with Crippen molar-refractivity contribution in [3.05, 3.63) is 23.8 Å². The van der Waals surface area contributed by atoms with Crippen LogP contribution in [0.2, 0.25) is 0 Å². The molecule has 1 aliphatic rings. The van der Waals surface area contributed by atoms with Gasteiger partial charge in [-0.15, -0.1) is 0 Å². The predicted molar refractivity (Wildman–Crippen MR) is 180 cm³/mol. The Morgan fingerprint density at radius 1 is 1.04 bits per heavy atom. The lowest BCUT2D eigenvalue weighted by molar-refractivity contribution is -0.163. The number of unbranched alkanes of at least 4 members (excludes halogenated alkanes) is 1. The van der Waals surface area contributed by atoms with Crippen LogP contribution in [0.1, 0.15) is 70.7 Å². The minimum atomic E-state index is -0.891. The van der Waals surface area contributed by atoms with Crippen LogP contribution in [0.25, 0.3) is 0 Å².